The number of hydrogen-bond donors (Lipinski definition) is 1. The maximum atomic E-state index is 12.8. The van der Waals surface area contributed by atoms with Crippen LogP contribution in [0.2, 0.25) is 0 Å². The first-order valence-corrected chi connectivity index (χ1v) is 9.84. The maximum Gasteiger partial charge on any atom is 0.248 e. The van der Waals surface area contributed by atoms with Crippen molar-refractivity contribution in [3.8, 4) is 0 Å². The summed E-state index contributed by atoms with van der Waals surface area (Å²) in [4.78, 5) is 14.2. The molecule has 1 heterocycles. The van der Waals surface area contributed by atoms with Crippen LogP contribution in [0.15, 0.2) is 53.5 Å². The second kappa shape index (κ2) is 8.94. The van der Waals surface area contributed by atoms with E-state index >= 15 is 0 Å². The normalized spacial score (nSPS) is 17.4. The molecule has 1 N–H and O–H groups in total. The molecule has 1 amide bonds. The van der Waals surface area contributed by atoms with Crippen LogP contribution in [0.4, 0.5) is 5.69 Å². The van der Waals surface area contributed by atoms with E-state index < -0.39 is 10.0 Å². The monoisotopic (exact) mass is 363 g/mol. The predicted molar refractivity (Wildman–Crippen MR) is 99.9 cm³/mol. The number of piperazine rings is 1. The number of nitrogens with one attached hydrogen (secondary N) is 1. The molecule has 2 rings (SSSR count). The van der Waals surface area contributed by atoms with Crippen molar-refractivity contribution < 1.29 is 13.2 Å². The number of carbonyl (C=O) groups is 1. The van der Waals surface area contributed by atoms with E-state index in [-0.39, 0.29) is 10.8 Å². The zero-order chi connectivity index (χ0) is 18.3. The number of benzene rings is 1. The first-order valence-electron chi connectivity index (χ1n) is 8.40. The minimum atomic E-state index is -3.55. The quantitative estimate of drug-likeness (QED) is 0.621. The van der Waals surface area contributed by atoms with Crippen molar-refractivity contribution in [3.05, 3.63) is 48.6 Å². The molecule has 0 unspecified atom stereocenters. The van der Waals surface area contributed by atoms with Crippen molar-refractivity contribution in [2.75, 3.05) is 38.0 Å². The van der Waals surface area contributed by atoms with Gasteiger partial charge in [-0.15, -0.1) is 0 Å². The third-order valence-electron chi connectivity index (χ3n) is 4.07. The van der Waals surface area contributed by atoms with Gasteiger partial charge in [0.15, 0.2) is 0 Å². The highest BCUT2D eigenvalue weighted by Crippen LogP contribution is 2.21. The standard InChI is InChI=1S/C18H25N3O3S/c1-3-5-6-10-18(22)19-16-8-7-9-17(15-16)25(23,24)21-13-11-20(4-2)12-14-21/h3,5-10,15H,4,11-14H2,1-2H3,(H,19,22). The van der Waals surface area contributed by atoms with Gasteiger partial charge in [-0.3, -0.25) is 4.79 Å². The summed E-state index contributed by atoms with van der Waals surface area (Å²) in [5, 5.41) is 2.68. The largest absolute Gasteiger partial charge is 0.322 e. The number of likely N-dealkylation sites (N-methyl/N-ethyl adjacent to an activating group) is 1. The predicted octanol–water partition coefficient (Wildman–Crippen LogP) is 2.08. The molecular weight excluding hydrogens is 338 g/mol. The van der Waals surface area contributed by atoms with E-state index in [1.165, 1.54) is 16.4 Å². The van der Waals surface area contributed by atoms with E-state index in [1.807, 2.05) is 13.0 Å². The fourth-order valence-corrected chi connectivity index (χ4v) is 4.08. The maximum absolute atomic E-state index is 12.8. The van der Waals surface area contributed by atoms with Gasteiger partial charge in [-0.25, -0.2) is 8.42 Å². The summed E-state index contributed by atoms with van der Waals surface area (Å²) in [7, 11) is -3.55. The lowest BCUT2D eigenvalue weighted by Gasteiger charge is -2.33. The molecule has 0 atom stereocenters. The highest BCUT2D eigenvalue weighted by Gasteiger charge is 2.28. The zero-order valence-corrected chi connectivity index (χ0v) is 15.5. The molecular formula is C18H25N3O3S. The molecule has 0 saturated carbocycles. The van der Waals surface area contributed by atoms with E-state index in [2.05, 4.69) is 17.1 Å². The molecule has 1 fully saturated rings. The van der Waals surface area contributed by atoms with Gasteiger partial charge in [-0.05, 0) is 31.7 Å². The molecule has 1 saturated heterocycles. The van der Waals surface area contributed by atoms with Crippen LogP contribution in [-0.4, -0.2) is 56.3 Å². The molecule has 0 aliphatic carbocycles. The van der Waals surface area contributed by atoms with Gasteiger partial charge >= 0.3 is 0 Å². The van der Waals surface area contributed by atoms with Crippen LogP contribution in [0.3, 0.4) is 0 Å². The minimum absolute atomic E-state index is 0.202. The highest BCUT2D eigenvalue weighted by atomic mass is 32.2. The number of nitrogens with zero attached hydrogens (tertiary/aromatic N) is 2. The Balaban J connectivity index is 2.10. The van der Waals surface area contributed by atoms with Crippen molar-refractivity contribution in [1.29, 1.82) is 0 Å². The number of amides is 1. The third kappa shape index (κ3) is 5.26. The van der Waals surface area contributed by atoms with Gasteiger partial charge in [0.25, 0.3) is 0 Å². The molecule has 25 heavy (non-hydrogen) atoms. The van der Waals surface area contributed by atoms with Crippen LogP contribution in [0.25, 0.3) is 0 Å². The van der Waals surface area contributed by atoms with E-state index in [9.17, 15) is 13.2 Å². The van der Waals surface area contributed by atoms with Gasteiger partial charge in [0.05, 0.1) is 4.90 Å². The van der Waals surface area contributed by atoms with Crippen LogP contribution in [-0.2, 0) is 14.8 Å². The Morgan fingerprint density at radius 1 is 1.20 bits per heavy atom. The van der Waals surface area contributed by atoms with Crippen molar-refractivity contribution in [3.63, 3.8) is 0 Å². The Morgan fingerprint density at radius 3 is 2.56 bits per heavy atom. The summed E-state index contributed by atoms with van der Waals surface area (Å²) >= 11 is 0. The number of hydrogen-bond acceptors (Lipinski definition) is 4. The van der Waals surface area contributed by atoms with E-state index in [0.717, 1.165) is 19.6 Å². The second-order valence-corrected chi connectivity index (χ2v) is 7.68. The van der Waals surface area contributed by atoms with Crippen LogP contribution in [0.1, 0.15) is 13.8 Å². The summed E-state index contributed by atoms with van der Waals surface area (Å²) in [6.45, 7) is 7.30. The van der Waals surface area contributed by atoms with Gasteiger partial charge in [0, 0.05) is 37.9 Å². The fourth-order valence-electron chi connectivity index (χ4n) is 2.61. The summed E-state index contributed by atoms with van der Waals surface area (Å²) < 4.78 is 27.1. The first-order chi connectivity index (χ1) is 12.0. The molecule has 136 valence electrons. The molecule has 1 aliphatic heterocycles. The SMILES string of the molecule is CC=CC=CC(=O)Nc1cccc(S(=O)(=O)N2CCN(CC)CC2)c1. The Kier molecular flexibility index (Phi) is 6.92. The lowest BCUT2D eigenvalue weighted by atomic mass is 10.3. The van der Waals surface area contributed by atoms with Gasteiger partial charge < -0.3 is 10.2 Å². The van der Waals surface area contributed by atoms with Crippen LogP contribution in [0, 0.1) is 0 Å². The van der Waals surface area contributed by atoms with Crippen molar-refractivity contribution in [1.82, 2.24) is 9.21 Å². The zero-order valence-electron chi connectivity index (χ0n) is 14.7. The van der Waals surface area contributed by atoms with Gasteiger partial charge in [-0.1, -0.05) is 31.2 Å². The number of anilines is 1. The van der Waals surface area contributed by atoms with Crippen LogP contribution in [0.5, 0.6) is 0 Å². The fraction of sp³-hybridized carbons (Fsp3) is 0.389. The lowest BCUT2D eigenvalue weighted by Crippen LogP contribution is -2.48. The number of rotatable bonds is 6. The summed E-state index contributed by atoms with van der Waals surface area (Å²) in [5.41, 5.74) is 0.461. The van der Waals surface area contributed by atoms with Gasteiger partial charge in [-0.2, -0.15) is 4.31 Å². The Morgan fingerprint density at radius 2 is 1.92 bits per heavy atom. The Labute approximate surface area is 149 Å². The number of carbonyl (C=O) groups excluding carboxylic acids is 1. The molecule has 1 aromatic rings. The molecule has 0 spiro atoms. The molecule has 6 nitrogen and oxygen atoms in total. The summed E-state index contributed by atoms with van der Waals surface area (Å²) in [5.74, 6) is -0.302. The first kappa shape index (κ1) is 19.4. The Bertz CT molecular complexity index is 749. The smallest absolute Gasteiger partial charge is 0.248 e. The summed E-state index contributed by atoms with van der Waals surface area (Å²) in [6.07, 6.45) is 6.58. The third-order valence-corrected chi connectivity index (χ3v) is 5.96. The molecule has 0 bridgehead atoms. The van der Waals surface area contributed by atoms with Crippen LogP contribution < -0.4 is 5.32 Å². The molecule has 0 radical (unpaired) electrons. The molecule has 0 aromatic heterocycles. The molecule has 7 heteroatoms. The van der Waals surface area contributed by atoms with Crippen LogP contribution >= 0.6 is 0 Å². The van der Waals surface area contributed by atoms with Gasteiger partial charge in [0.2, 0.25) is 15.9 Å². The average Bonchev–Trinajstić information content (AvgIpc) is 2.62. The number of sulfonamides is 1. The lowest BCUT2D eigenvalue weighted by molar-refractivity contribution is -0.111. The Hall–Kier alpha value is -1.96. The highest BCUT2D eigenvalue weighted by molar-refractivity contribution is 7.89. The van der Waals surface area contributed by atoms with Crippen molar-refractivity contribution in [2.45, 2.75) is 18.7 Å². The topological polar surface area (TPSA) is 69.7 Å². The molecule has 1 aliphatic rings. The number of allylic oxidation sites excluding steroid dienone is 3. The average molecular weight is 363 g/mol. The molecule has 1 aromatic carbocycles. The van der Waals surface area contributed by atoms with E-state index in [1.54, 1.807) is 30.4 Å². The minimum Gasteiger partial charge on any atom is -0.322 e. The van der Waals surface area contributed by atoms with Gasteiger partial charge in [0.1, 0.15) is 0 Å². The summed E-state index contributed by atoms with van der Waals surface area (Å²) in [6, 6.07) is 6.38. The van der Waals surface area contributed by atoms with Crippen molar-refractivity contribution in [2.24, 2.45) is 0 Å². The van der Waals surface area contributed by atoms with Crippen molar-refractivity contribution >= 4 is 21.6 Å². The van der Waals surface area contributed by atoms with E-state index in [0.29, 0.717) is 18.8 Å². The second-order valence-electron chi connectivity index (χ2n) is 5.74. The van der Waals surface area contributed by atoms with E-state index in [4.69, 9.17) is 0 Å².